The summed E-state index contributed by atoms with van der Waals surface area (Å²) in [5.41, 5.74) is -0.155. The number of nitrogens with zero attached hydrogens (tertiary/aromatic N) is 1. The molecule has 1 fully saturated rings. The molecule has 2 rings (SSSR count). The summed E-state index contributed by atoms with van der Waals surface area (Å²) in [6, 6.07) is 4.18. The van der Waals surface area contributed by atoms with Gasteiger partial charge in [-0.25, -0.2) is 0 Å². The highest BCUT2D eigenvalue weighted by Crippen LogP contribution is 2.35. The summed E-state index contributed by atoms with van der Waals surface area (Å²) >= 11 is 1.75. The lowest BCUT2D eigenvalue weighted by Gasteiger charge is -2.34. The number of hydrogen-bond acceptors (Lipinski definition) is 3. The van der Waals surface area contributed by atoms with Crippen LogP contribution < -0.4 is 0 Å². The smallest absolute Gasteiger partial charge is 0.153 e. The summed E-state index contributed by atoms with van der Waals surface area (Å²) in [5, 5.41) is 2.08. The summed E-state index contributed by atoms with van der Waals surface area (Å²) in [6.07, 6.45) is 6.09. The van der Waals surface area contributed by atoms with E-state index < -0.39 is 0 Å². The van der Waals surface area contributed by atoms with Crippen molar-refractivity contribution in [2.75, 3.05) is 14.1 Å². The fourth-order valence-corrected chi connectivity index (χ4v) is 3.57. The molecule has 0 amide bonds. The van der Waals surface area contributed by atoms with Crippen LogP contribution in [0.1, 0.15) is 37.0 Å². The Hall–Kier alpha value is -0.670. The zero-order valence-electron chi connectivity index (χ0n) is 10.7. The van der Waals surface area contributed by atoms with Crippen LogP contribution >= 0.6 is 11.3 Å². The Bertz CT molecular complexity index is 364. The summed E-state index contributed by atoms with van der Waals surface area (Å²) in [5.74, 6) is 0.438. The maximum Gasteiger partial charge on any atom is 0.153 e. The number of hydrogen-bond donors (Lipinski definition) is 0. The lowest BCUT2D eigenvalue weighted by atomic mass is 9.88. The van der Waals surface area contributed by atoms with Gasteiger partial charge in [-0.2, -0.15) is 0 Å². The number of thiophene rings is 1. The van der Waals surface area contributed by atoms with E-state index in [-0.39, 0.29) is 5.54 Å². The van der Waals surface area contributed by atoms with Crippen LogP contribution in [0, 0.1) is 0 Å². The van der Waals surface area contributed by atoms with E-state index in [0.29, 0.717) is 12.2 Å². The zero-order chi connectivity index (χ0) is 12.3. The topological polar surface area (TPSA) is 20.3 Å². The van der Waals surface area contributed by atoms with Gasteiger partial charge in [0.25, 0.3) is 0 Å². The number of carbonyl (C=O) groups excluding carboxylic acids is 1. The van der Waals surface area contributed by atoms with Crippen LogP contribution in [-0.2, 0) is 11.2 Å². The monoisotopic (exact) mass is 251 g/mol. The van der Waals surface area contributed by atoms with E-state index in [1.807, 2.05) is 14.1 Å². The minimum absolute atomic E-state index is 0.155. The standard InChI is InChI=1S/C14H21NOS/c1-15(2)14(9-3-4-10-14)13(16)8-7-12-6-5-11-17-12/h5-6,11H,3-4,7-10H2,1-2H3. The van der Waals surface area contributed by atoms with Gasteiger partial charge >= 0.3 is 0 Å². The molecular weight excluding hydrogens is 230 g/mol. The summed E-state index contributed by atoms with van der Waals surface area (Å²) in [6.45, 7) is 0. The fraction of sp³-hybridized carbons (Fsp3) is 0.643. The summed E-state index contributed by atoms with van der Waals surface area (Å²) in [4.78, 5) is 15.9. The first-order chi connectivity index (χ1) is 8.15. The summed E-state index contributed by atoms with van der Waals surface area (Å²) < 4.78 is 0. The highest BCUT2D eigenvalue weighted by Gasteiger charge is 2.41. The number of aryl methyl sites for hydroxylation is 1. The highest BCUT2D eigenvalue weighted by atomic mass is 32.1. The minimum atomic E-state index is -0.155. The van der Waals surface area contributed by atoms with E-state index in [2.05, 4.69) is 22.4 Å². The highest BCUT2D eigenvalue weighted by molar-refractivity contribution is 7.09. The minimum Gasteiger partial charge on any atom is -0.298 e. The Kier molecular flexibility index (Phi) is 4.00. The van der Waals surface area contributed by atoms with Crippen molar-refractivity contribution in [2.45, 2.75) is 44.1 Å². The van der Waals surface area contributed by atoms with Crippen LogP contribution in [-0.4, -0.2) is 30.3 Å². The molecule has 0 bridgehead atoms. The largest absolute Gasteiger partial charge is 0.298 e. The Balaban J connectivity index is 1.98. The average molecular weight is 251 g/mol. The molecule has 0 N–H and O–H groups in total. The second kappa shape index (κ2) is 5.32. The molecule has 1 heterocycles. The van der Waals surface area contributed by atoms with Crippen molar-refractivity contribution in [2.24, 2.45) is 0 Å². The molecule has 1 aliphatic carbocycles. The second-order valence-electron chi connectivity index (χ2n) is 5.14. The van der Waals surface area contributed by atoms with Crippen molar-refractivity contribution in [1.82, 2.24) is 4.90 Å². The molecule has 0 unspecified atom stereocenters. The van der Waals surface area contributed by atoms with Gasteiger partial charge in [0.15, 0.2) is 5.78 Å². The molecule has 0 aliphatic heterocycles. The maximum atomic E-state index is 12.5. The van der Waals surface area contributed by atoms with Crippen molar-refractivity contribution in [3.63, 3.8) is 0 Å². The normalized spacial score (nSPS) is 18.8. The predicted octanol–water partition coefficient (Wildman–Crippen LogP) is 3.12. The number of likely N-dealkylation sites (N-methyl/N-ethyl adjacent to an activating group) is 1. The Morgan fingerprint density at radius 1 is 1.41 bits per heavy atom. The Labute approximate surface area is 108 Å². The summed E-state index contributed by atoms with van der Waals surface area (Å²) in [7, 11) is 4.10. The third-order valence-corrected chi connectivity index (χ3v) is 4.92. The van der Waals surface area contributed by atoms with Crippen molar-refractivity contribution in [3.05, 3.63) is 22.4 Å². The van der Waals surface area contributed by atoms with Gasteiger partial charge in [0.1, 0.15) is 0 Å². The van der Waals surface area contributed by atoms with E-state index in [9.17, 15) is 4.79 Å². The maximum absolute atomic E-state index is 12.5. The van der Waals surface area contributed by atoms with Gasteiger partial charge in [-0.1, -0.05) is 18.9 Å². The van der Waals surface area contributed by atoms with Crippen molar-refractivity contribution in [1.29, 1.82) is 0 Å². The van der Waals surface area contributed by atoms with Crippen LogP contribution in [0.15, 0.2) is 17.5 Å². The molecule has 2 nitrogen and oxygen atoms in total. The van der Waals surface area contributed by atoms with Gasteiger partial charge in [-0.3, -0.25) is 9.69 Å². The molecule has 94 valence electrons. The van der Waals surface area contributed by atoms with Crippen LogP contribution in [0.4, 0.5) is 0 Å². The van der Waals surface area contributed by atoms with Gasteiger partial charge in [0.2, 0.25) is 0 Å². The van der Waals surface area contributed by atoms with E-state index >= 15 is 0 Å². The molecule has 1 aliphatic rings. The SMILES string of the molecule is CN(C)C1(C(=O)CCc2cccs2)CCCC1. The van der Waals surface area contributed by atoms with Gasteiger partial charge in [-0.05, 0) is 44.8 Å². The molecular formula is C14H21NOS. The van der Waals surface area contributed by atoms with E-state index in [1.165, 1.54) is 17.7 Å². The second-order valence-corrected chi connectivity index (χ2v) is 6.17. The molecule has 0 spiro atoms. The number of ketones is 1. The van der Waals surface area contributed by atoms with Gasteiger partial charge in [-0.15, -0.1) is 11.3 Å². The first-order valence-electron chi connectivity index (χ1n) is 6.38. The molecule has 1 saturated carbocycles. The number of carbonyl (C=O) groups is 1. The first kappa shape index (κ1) is 12.8. The van der Waals surface area contributed by atoms with Crippen molar-refractivity contribution < 1.29 is 4.79 Å². The number of rotatable bonds is 5. The zero-order valence-corrected chi connectivity index (χ0v) is 11.6. The molecule has 0 aromatic carbocycles. The third kappa shape index (κ3) is 2.61. The molecule has 17 heavy (non-hydrogen) atoms. The molecule has 0 radical (unpaired) electrons. The molecule has 1 aromatic heterocycles. The lowest BCUT2D eigenvalue weighted by Crippen LogP contribution is -2.48. The first-order valence-corrected chi connectivity index (χ1v) is 7.26. The van der Waals surface area contributed by atoms with Gasteiger partial charge in [0, 0.05) is 11.3 Å². The van der Waals surface area contributed by atoms with E-state index in [1.54, 1.807) is 11.3 Å². The van der Waals surface area contributed by atoms with Gasteiger partial charge < -0.3 is 0 Å². The molecule has 3 heteroatoms. The van der Waals surface area contributed by atoms with Crippen LogP contribution in [0.25, 0.3) is 0 Å². The number of Topliss-reactive ketones (excluding diaryl/α,β-unsaturated/α-hetero) is 1. The van der Waals surface area contributed by atoms with Crippen molar-refractivity contribution >= 4 is 17.1 Å². The fourth-order valence-electron chi connectivity index (χ4n) is 2.86. The molecule has 0 saturated heterocycles. The average Bonchev–Trinajstić information content (AvgIpc) is 2.97. The Morgan fingerprint density at radius 3 is 2.65 bits per heavy atom. The molecule has 0 atom stereocenters. The van der Waals surface area contributed by atoms with E-state index in [4.69, 9.17) is 0 Å². The van der Waals surface area contributed by atoms with E-state index in [0.717, 1.165) is 19.3 Å². The van der Waals surface area contributed by atoms with Crippen LogP contribution in [0.5, 0.6) is 0 Å². The lowest BCUT2D eigenvalue weighted by molar-refractivity contribution is -0.129. The molecule has 1 aromatic rings. The van der Waals surface area contributed by atoms with Crippen LogP contribution in [0.2, 0.25) is 0 Å². The van der Waals surface area contributed by atoms with Crippen LogP contribution in [0.3, 0.4) is 0 Å². The Morgan fingerprint density at radius 2 is 2.12 bits per heavy atom. The van der Waals surface area contributed by atoms with Crippen molar-refractivity contribution in [3.8, 4) is 0 Å². The predicted molar refractivity (Wildman–Crippen MR) is 72.5 cm³/mol. The quantitative estimate of drug-likeness (QED) is 0.801. The van der Waals surface area contributed by atoms with Gasteiger partial charge in [0.05, 0.1) is 5.54 Å². The third-order valence-electron chi connectivity index (χ3n) is 3.98.